The van der Waals surface area contributed by atoms with Gasteiger partial charge in [0.15, 0.2) is 0 Å². The summed E-state index contributed by atoms with van der Waals surface area (Å²) >= 11 is 0. The molecule has 0 bridgehead atoms. The third-order valence-corrected chi connectivity index (χ3v) is 4.90. The van der Waals surface area contributed by atoms with E-state index >= 15 is 0 Å². The zero-order valence-electron chi connectivity index (χ0n) is 17.3. The number of amides is 1. The Hall–Kier alpha value is -2.41. The van der Waals surface area contributed by atoms with E-state index in [2.05, 4.69) is 34.5 Å². The number of nitrogens with zero attached hydrogens (tertiary/aromatic N) is 2. The molecule has 0 radical (unpaired) electrons. The van der Waals surface area contributed by atoms with E-state index < -0.39 is 12.2 Å². The maximum atomic E-state index is 10.4. The van der Waals surface area contributed by atoms with Crippen LogP contribution in [0.3, 0.4) is 0 Å². The molecular formula is C22H33N3O4. The summed E-state index contributed by atoms with van der Waals surface area (Å²) in [4.78, 5) is 14.7. The van der Waals surface area contributed by atoms with Gasteiger partial charge in [-0.15, -0.1) is 0 Å². The van der Waals surface area contributed by atoms with Gasteiger partial charge >= 0.3 is 6.09 Å². The van der Waals surface area contributed by atoms with E-state index in [0.717, 1.165) is 12.0 Å². The number of aromatic nitrogens is 2. The monoisotopic (exact) mass is 403 g/mol. The Labute approximate surface area is 172 Å². The molecule has 7 nitrogen and oxygen atoms in total. The smallest absolute Gasteiger partial charge is 0.404 e. The standard InChI is InChI=1S/C22H33N3O4/c1-2-3-4-5-6-7-8-9-10-17-11-13-18(14-12-17)21-24-20(29-25-21)15-19(26)16-23-22(27)28/h11-14,19,23,26H,2-10,15-16H2,1H3,(H,27,28). The van der Waals surface area contributed by atoms with E-state index in [9.17, 15) is 9.90 Å². The van der Waals surface area contributed by atoms with Gasteiger partial charge in [-0.1, -0.05) is 81.3 Å². The van der Waals surface area contributed by atoms with Gasteiger partial charge in [0.1, 0.15) is 0 Å². The molecule has 160 valence electrons. The van der Waals surface area contributed by atoms with Crippen LogP contribution in [0.1, 0.15) is 69.7 Å². The van der Waals surface area contributed by atoms with Crippen molar-refractivity contribution in [1.82, 2.24) is 15.5 Å². The van der Waals surface area contributed by atoms with Crippen LogP contribution >= 0.6 is 0 Å². The molecule has 3 N–H and O–H groups in total. The summed E-state index contributed by atoms with van der Waals surface area (Å²) in [5.74, 6) is 0.750. The second-order valence-electron chi connectivity index (χ2n) is 7.48. The number of carbonyl (C=O) groups is 1. The van der Waals surface area contributed by atoms with E-state index in [4.69, 9.17) is 9.63 Å². The molecule has 1 aromatic heterocycles. The zero-order valence-corrected chi connectivity index (χ0v) is 17.3. The van der Waals surface area contributed by atoms with Crippen molar-refractivity contribution in [3.63, 3.8) is 0 Å². The van der Waals surface area contributed by atoms with Gasteiger partial charge in [-0.3, -0.25) is 0 Å². The van der Waals surface area contributed by atoms with E-state index in [1.54, 1.807) is 0 Å². The summed E-state index contributed by atoms with van der Waals surface area (Å²) in [5.41, 5.74) is 2.16. The molecule has 2 rings (SSSR count). The molecule has 1 atom stereocenters. The van der Waals surface area contributed by atoms with Gasteiger partial charge in [0.25, 0.3) is 0 Å². The molecule has 0 saturated carbocycles. The third-order valence-electron chi connectivity index (χ3n) is 4.90. The van der Waals surface area contributed by atoms with E-state index in [1.807, 2.05) is 12.1 Å². The van der Waals surface area contributed by atoms with Crippen molar-refractivity contribution in [3.8, 4) is 11.4 Å². The van der Waals surface area contributed by atoms with Gasteiger partial charge in [0.2, 0.25) is 11.7 Å². The number of unbranched alkanes of at least 4 members (excludes halogenated alkanes) is 7. The maximum absolute atomic E-state index is 10.4. The highest BCUT2D eigenvalue weighted by Crippen LogP contribution is 2.18. The number of aliphatic hydroxyl groups excluding tert-OH is 1. The van der Waals surface area contributed by atoms with Crippen LogP contribution in [0, 0.1) is 0 Å². The summed E-state index contributed by atoms with van der Waals surface area (Å²) in [7, 11) is 0. The van der Waals surface area contributed by atoms with Gasteiger partial charge in [-0.2, -0.15) is 4.98 Å². The number of benzene rings is 1. The first-order chi connectivity index (χ1) is 14.1. The predicted octanol–water partition coefficient (Wildman–Crippen LogP) is 4.59. The first-order valence-corrected chi connectivity index (χ1v) is 10.6. The number of nitrogens with one attached hydrogen (secondary N) is 1. The normalized spacial score (nSPS) is 12.1. The zero-order chi connectivity index (χ0) is 20.9. The quantitative estimate of drug-likeness (QED) is 0.398. The highest BCUT2D eigenvalue weighted by Gasteiger charge is 2.14. The average Bonchev–Trinajstić information content (AvgIpc) is 3.17. The fourth-order valence-corrected chi connectivity index (χ4v) is 3.22. The lowest BCUT2D eigenvalue weighted by atomic mass is 10.0. The Bertz CT molecular complexity index is 715. The van der Waals surface area contributed by atoms with Crippen molar-refractivity contribution in [1.29, 1.82) is 0 Å². The van der Waals surface area contributed by atoms with Crippen molar-refractivity contribution in [2.75, 3.05) is 6.54 Å². The van der Waals surface area contributed by atoms with Crippen LogP contribution in [0.15, 0.2) is 28.8 Å². The Kier molecular flexibility index (Phi) is 10.2. The van der Waals surface area contributed by atoms with Crippen LogP contribution in [0.25, 0.3) is 11.4 Å². The van der Waals surface area contributed by atoms with E-state index in [-0.39, 0.29) is 18.9 Å². The highest BCUT2D eigenvalue weighted by molar-refractivity contribution is 5.64. The fourth-order valence-electron chi connectivity index (χ4n) is 3.22. The van der Waals surface area contributed by atoms with Gasteiger partial charge in [0, 0.05) is 12.1 Å². The molecule has 0 saturated heterocycles. The molecule has 0 spiro atoms. The second-order valence-corrected chi connectivity index (χ2v) is 7.48. The number of rotatable bonds is 14. The average molecular weight is 404 g/mol. The topological polar surface area (TPSA) is 108 Å². The maximum Gasteiger partial charge on any atom is 0.404 e. The van der Waals surface area contributed by atoms with Crippen LogP contribution < -0.4 is 5.32 Å². The first-order valence-electron chi connectivity index (χ1n) is 10.6. The summed E-state index contributed by atoms with van der Waals surface area (Å²) in [6.45, 7) is 2.16. The summed E-state index contributed by atoms with van der Waals surface area (Å²) in [6, 6.07) is 8.16. The molecule has 1 amide bonds. The van der Waals surface area contributed by atoms with Crippen LogP contribution in [-0.4, -0.2) is 39.1 Å². The van der Waals surface area contributed by atoms with Crippen LogP contribution in [0.5, 0.6) is 0 Å². The van der Waals surface area contributed by atoms with Gasteiger partial charge in [-0.05, 0) is 18.4 Å². The Morgan fingerprint density at radius 3 is 2.38 bits per heavy atom. The van der Waals surface area contributed by atoms with Gasteiger partial charge in [0.05, 0.1) is 12.5 Å². The predicted molar refractivity (Wildman–Crippen MR) is 112 cm³/mol. The molecule has 1 unspecified atom stereocenters. The first kappa shape index (κ1) is 22.9. The van der Waals surface area contributed by atoms with Crippen molar-refractivity contribution in [3.05, 3.63) is 35.7 Å². The summed E-state index contributed by atoms with van der Waals surface area (Å²) in [6.07, 6.45) is 9.64. The number of aryl methyl sites for hydroxylation is 1. The van der Waals surface area contributed by atoms with Gasteiger partial charge < -0.3 is 20.1 Å². The third kappa shape index (κ3) is 9.09. The fraction of sp³-hybridized carbons (Fsp3) is 0.591. The minimum Gasteiger partial charge on any atom is -0.465 e. The highest BCUT2D eigenvalue weighted by atomic mass is 16.5. The number of hydrogen-bond acceptors (Lipinski definition) is 5. The Balaban J connectivity index is 1.71. The molecule has 1 aromatic carbocycles. The summed E-state index contributed by atoms with van der Waals surface area (Å²) in [5, 5.41) is 24.4. The second kappa shape index (κ2) is 12.9. The molecule has 0 aliphatic rings. The largest absolute Gasteiger partial charge is 0.465 e. The Morgan fingerprint density at radius 1 is 1.07 bits per heavy atom. The van der Waals surface area contributed by atoms with Gasteiger partial charge in [-0.25, -0.2) is 4.79 Å². The van der Waals surface area contributed by atoms with Crippen molar-refractivity contribution >= 4 is 6.09 Å². The number of hydrogen-bond donors (Lipinski definition) is 3. The van der Waals surface area contributed by atoms with E-state index in [1.165, 1.54) is 56.9 Å². The lowest BCUT2D eigenvalue weighted by Gasteiger charge is -2.06. The molecule has 0 aliphatic heterocycles. The number of carboxylic acid groups (broad SMARTS) is 1. The van der Waals surface area contributed by atoms with E-state index in [0.29, 0.717) is 5.82 Å². The molecule has 0 aliphatic carbocycles. The molecule has 29 heavy (non-hydrogen) atoms. The van der Waals surface area contributed by atoms with Crippen molar-refractivity contribution in [2.45, 2.75) is 77.2 Å². The SMILES string of the molecule is CCCCCCCCCCc1ccc(-c2noc(CC(O)CNC(=O)O)n2)cc1. The lowest BCUT2D eigenvalue weighted by molar-refractivity contribution is 0.149. The van der Waals surface area contributed by atoms with Crippen molar-refractivity contribution in [2.24, 2.45) is 0 Å². The molecule has 7 heteroatoms. The van der Waals surface area contributed by atoms with Crippen LogP contribution in [0.2, 0.25) is 0 Å². The van der Waals surface area contributed by atoms with Crippen LogP contribution in [-0.2, 0) is 12.8 Å². The Morgan fingerprint density at radius 2 is 1.72 bits per heavy atom. The molecular weight excluding hydrogens is 370 g/mol. The summed E-state index contributed by atoms with van der Waals surface area (Å²) < 4.78 is 5.16. The molecule has 1 heterocycles. The van der Waals surface area contributed by atoms with Crippen LogP contribution in [0.4, 0.5) is 4.79 Å². The minimum atomic E-state index is -1.18. The number of aliphatic hydroxyl groups is 1. The lowest BCUT2D eigenvalue weighted by Crippen LogP contribution is -2.32. The van der Waals surface area contributed by atoms with Crippen molar-refractivity contribution < 1.29 is 19.5 Å². The minimum absolute atomic E-state index is 0.0829. The molecule has 2 aromatic rings. The molecule has 0 fully saturated rings.